The lowest BCUT2D eigenvalue weighted by molar-refractivity contribution is 0.0987. The highest BCUT2D eigenvalue weighted by Crippen LogP contribution is 2.28. The first kappa shape index (κ1) is 11.7. The lowest BCUT2D eigenvalue weighted by Crippen LogP contribution is -2.44. The fourth-order valence-corrected chi connectivity index (χ4v) is 2.52. The Balaban J connectivity index is 2.15. The molecule has 0 unspecified atom stereocenters. The Hall–Kier alpha value is -1.33. The summed E-state index contributed by atoms with van der Waals surface area (Å²) in [6.45, 7) is 4.40. The molecule has 18 heavy (non-hydrogen) atoms. The second kappa shape index (κ2) is 4.40. The first-order chi connectivity index (χ1) is 8.66. The molecule has 96 valence electrons. The number of aromatic nitrogens is 3. The van der Waals surface area contributed by atoms with Crippen molar-refractivity contribution in [2.45, 2.75) is 13.0 Å². The van der Waals surface area contributed by atoms with E-state index in [0.717, 1.165) is 36.6 Å². The topological polar surface area (TPSA) is 43.2 Å². The van der Waals surface area contributed by atoms with E-state index in [1.807, 2.05) is 23.9 Å². The Morgan fingerprint density at radius 2 is 2.28 bits per heavy atom. The van der Waals surface area contributed by atoms with Gasteiger partial charge in [0.25, 0.3) is 0 Å². The number of fused-ring (bicyclic) bond motifs is 1. The SMILES string of the molecule is C[C@@H]1COCCN1c1nc(Cl)nc2c1ccn2C. The predicted octanol–water partition coefficient (Wildman–Crippen LogP) is 1.85. The first-order valence-corrected chi connectivity index (χ1v) is 6.37. The van der Waals surface area contributed by atoms with Gasteiger partial charge >= 0.3 is 0 Å². The van der Waals surface area contributed by atoms with Crippen molar-refractivity contribution in [2.75, 3.05) is 24.7 Å². The van der Waals surface area contributed by atoms with Gasteiger partial charge in [0.05, 0.1) is 24.6 Å². The average Bonchev–Trinajstić information content (AvgIpc) is 2.71. The molecule has 6 heteroatoms. The van der Waals surface area contributed by atoms with Crippen LogP contribution in [0.1, 0.15) is 6.92 Å². The van der Waals surface area contributed by atoms with Crippen LogP contribution in [0.25, 0.3) is 11.0 Å². The largest absolute Gasteiger partial charge is 0.377 e. The Bertz CT molecular complexity index is 583. The van der Waals surface area contributed by atoms with Crippen LogP contribution in [0.3, 0.4) is 0 Å². The van der Waals surface area contributed by atoms with E-state index in [-0.39, 0.29) is 5.28 Å². The van der Waals surface area contributed by atoms with Crippen LogP contribution >= 0.6 is 11.6 Å². The molecule has 1 fully saturated rings. The third-order valence-corrected chi connectivity index (χ3v) is 3.49. The van der Waals surface area contributed by atoms with Crippen molar-refractivity contribution in [1.82, 2.24) is 14.5 Å². The second-order valence-corrected chi connectivity index (χ2v) is 4.94. The van der Waals surface area contributed by atoms with Crippen LogP contribution in [0.5, 0.6) is 0 Å². The number of halogens is 1. The predicted molar refractivity (Wildman–Crippen MR) is 71.1 cm³/mol. The Kier molecular flexibility index (Phi) is 2.87. The third-order valence-electron chi connectivity index (χ3n) is 3.32. The van der Waals surface area contributed by atoms with Crippen LogP contribution in [0.2, 0.25) is 5.28 Å². The number of rotatable bonds is 1. The molecule has 0 saturated carbocycles. The van der Waals surface area contributed by atoms with E-state index >= 15 is 0 Å². The van der Waals surface area contributed by atoms with Gasteiger partial charge in [-0.3, -0.25) is 0 Å². The molecule has 0 spiro atoms. The molecule has 0 radical (unpaired) electrons. The van der Waals surface area contributed by atoms with Gasteiger partial charge in [-0.2, -0.15) is 9.97 Å². The van der Waals surface area contributed by atoms with Gasteiger partial charge in [0.2, 0.25) is 5.28 Å². The number of morpholine rings is 1. The van der Waals surface area contributed by atoms with E-state index in [1.165, 1.54) is 0 Å². The normalized spacial score (nSPS) is 20.6. The van der Waals surface area contributed by atoms with Gasteiger partial charge < -0.3 is 14.2 Å². The Labute approximate surface area is 110 Å². The number of nitrogens with zero attached hydrogens (tertiary/aromatic N) is 4. The molecule has 3 heterocycles. The van der Waals surface area contributed by atoms with Crippen molar-refractivity contribution in [2.24, 2.45) is 7.05 Å². The van der Waals surface area contributed by atoms with Gasteiger partial charge in [-0.1, -0.05) is 0 Å². The zero-order valence-corrected chi connectivity index (χ0v) is 11.2. The highest BCUT2D eigenvalue weighted by atomic mass is 35.5. The van der Waals surface area contributed by atoms with Crippen LogP contribution < -0.4 is 4.90 Å². The van der Waals surface area contributed by atoms with E-state index in [2.05, 4.69) is 21.8 Å². The maximum Gasteiger partial charge on any atom is 0.226 e. The number of hydrogen-bond acceptors (Lipinski definition) is 4. The highest BCUT2D eigenvalue weighted by molar-refractivity contribution is 6.28. The van der Waals surface area contributed by atoms with Crippen LogP contribution in [-0.2, 0) is 11.8 Å². The molecule has 5 nitrogen and oxygen atoms in total. The first-order valence-electron chi connectivity index (χ1n) is 6.00. The van der Waals surface area contributed by atoms with Gasteiger partial charge in [0.1, 0.15) is 11.5 Å². The van der Waals surface area contributed by atoms with Crippen LogP contribution in [0, 0.1) is 0 Å². The van der Waals surface area contributed by atoms with E-state index < -0.39 is 0 Å². The van der Waals surface area contributed by atoms with Crippen LogP contribution in [-0.4, -0.2) is 40.3 Å². The second-order valence-electron chi connectivity index (χ2n) is 4.60. The van der Waals surface area contributed by atoms with Gasteiger partial charge in [0, 0.05) is 19.8 Å². The van der Waals surface area contributed by atoms with Gasteiger partial charge in [0.15, 0.2) is 0 Å². The Morgan fingerprint density at radius 3 is 3.06 bits per heavy atom. The number of aryl methyl sites for hydroxylation is 1. The fourth-order valence-electron chi connectivity index (χ4n) is 2.36. The summed E-state index contributed by atoms with van der Waals surface area (Å²) in [5.74, 6) is 0.904. The molecule has 0 aliphatic carbocycles. The fraction of sp³-hybridized carbons (Fsp3) is 0.500. The summed E-state index contributed by atoms with van der Waals surface area (Å²) >= 11 is 6.03. The smallest absolute Gasteiger partial charge is 0.226 e. The summed E-state index contributed by atoms with van der Waals surface area (Å²) in [7, 11) is 1.96. The van der Waals surface area contributed by atoms with Crippen molar-refractivity contribution in [3.63, 3.8) is 0 Å². The minimum absolute atomic E-state index is 0.290. The summed E-state index contributed by atoms with van der Waals surface area (Å²) in [5.41, 5.74) is 0.865. The lowest BCUT2D eigenvalue weighted by atomic mass is 10.2. The monoisotopic (exact) mass is 266 g/mol. The molecular weight excluding hydrogens is 252 g/mol. The maximum absolute atomic E-state index is 6.03. The minimum atomic E-state index is 0.290. The van der Waals surface area contributed by atoms with E-state index in [4.69, 9.17) is 16.3 Å². The van der Waals surface area contributed by atoms with E-state index in [9.17, 15) is 0 Å². The van der Waals surface area contributed by atoms with Crippen LogP contribution in [0.15, 0.2) is 12.3 Å². The molecule has 2 aromatic rings. The van der Waals surface area contributed by atoms with Gasteiger partial charge in [-0.25, -0.2) is 0 Å². The summed E-state index contributed by atoms with van der Waals surface area (Å²) in [5, 5.41) is 1.33. The lowest BCUT2D eigenvalue weighted by Gasteiger charge is -2.34. The van der Waals surface area contributed by atoms with Crippen molar-refractivity contribution in [1.29, 1.82) is 0 Å². The molecule has 0 aromatic carbocycles. The third kappa shape index (κ3) is 1.83. The molecule has 0 bridgehead atoms. The van der Waals surface area contributed by atoms with Crippen molar-refractivity contribution < 1.29 is 4.74 Å². The summed E-state index contributed by atoms with van der Waals surface area (Å²) in [4.78, 5) is 10.9. The zero-order chi connectivity index (χ0) is 12.7. The maximum atomic E-state index is 6.03. The van der Waals surface area contributed by atoms with E-state index in [1.54, 1.807) is 0 Å². The molecule has 1 aliphatic rings. The summed E-state index contributed by atoms with van der Waals surface area (Å²) in [6.07, 6.45) is 1.98. The minimum Gasteiger partial charge on any atom is -0.377 e. The zero-order valence-electron chi connectivity index (χ0n) is 10.4. The highest BCUT2D eigenvalue weighted by Gasteiger charge is 2.23. The summed E-state index contributed by atoms with van der Waals surface area (Å²) in [6, 6.07) is 2.33. The molecule has 3 rings (SSSR count). The van der Waals surface area contributed by atoms with Crippen molar-refractivity contribution >= 4 is 28.5 Å². The molecule has 2 aromatic heterocycles. The number of ether oxygens (including phenoxy) is 1. The number of anilines is 1. The summed E-state index contributed by atoms with van der Waals surface area (Å²) < 4.78 is 7.41. The van der Waals surface area contributed by atoms with Crippen molar-refractivity contribution in [3.05, 3.63) is 17.5 Å². The van der Waals surface area contributed by atoms with Gasteiger partial charge in [-0.05, 0) is 24.6 Å². The Morgan fingerprint density at radius 1 is 1.44 bits per heavy atom. The standard InChI is InChI=1S/C12H15ClN4O/c1-8-7-18-6-5-17(8)11-9-3-4-16(2)10(9)14-12(13)15-11/h3-4,8H,5-7H2,1-2H3/t8-/m1/s1. The number of hydrogen-bond donors (Lipinski definition) is 0. The van der Waals surface area contributed by atoms with Crippen molar-refractivity contribution in [3.8, 4) is 0 Å². The van der Waals surface area contributed by atoms with Crippen LogP contribution in [0.4, 0.5) is 5.82 Å². The van der Waals surface area contributed by atoms with E-state index in [0.29, 0.717) is 6.04 Å². The quantitative estimate of drug-likeness (QED) is 0.739. The van der Waals surface area contributed by atoms with Gasteiger partial charge in [-0.15, -0.1) is 0 Å². The molecular formula is C12H15ClN4O. The average molecular weight is 267 g/mol. The molecule has 1 atom stereocenters. The molecule has 0 amide bonds. The molecule has 1 saturated heterocycles. The molecule has 0 N–H and O–H groups in total. The molecule has 1 aliphatic heterocycles.